The molecule has 3 rings (SSSR count). The van der Waals surface area contributed by atoms with Crippen LogP contribution >= 0.6 is 24.8 Å². The molecule has 7 nitrogen and oxygen atoms in total. The largest absolute Gasteiger partial charge is 0.394 e. The molecular formula is C17H33Cl2N3O4. The molecule has 26 heavy (non-hydrogen) atoms. The maximum absolute atomic E-state index is 12.3. The van der Waals surface area contributed by atoms with E-state index < -0.39 is 12.2 Å². The Balaban J connectivity index is 0.00000169. The Morgan fingerprint density at radius 1 is 1.12 bits per heavy atom. The van der Waals surface area contributed by atoms with Gasteiger partial charge < -0.3 is 25.2 Å². The van der Waals surface area contributed by atoms with Crippen LogP contribution < -0.4 is 5.32 Å². The lowest BCUT2D eigenvalue weighted by molar-refractivity contribution is -0.125. The second kappa shape index (κ2) is 11.0. The second-order valence-corrected chi connectivity index (χ2v) is 7.44. The molecule has 4 atom stereocenters. The van der Waals surface area contributed by atoms with Crippen LogP contribution in [0.1, 0.15) is 25.7 Å². The number of hydrogen-bond acceptors (Lipinski definition) is 6. The van der Waals surface area contributed by atoms with E-state index in [-0.39, 0.29) is 55.4 Å². The zero-order valence-corrected chi connectivity index (χ0v) is 17.0. The number of carbonyl (C=O) groups excluding carboxylic acids is 1. The van der Waals surface area contributed by atoms with Gasteiger partial charge in [0, 0.05) is 38.6 Å². The van der Waals surface area contributed by atoms with Gasteiger partial charge in [0.15, 0.2) is 0 Å². The van der Waals surface area contributed by atoms with Gasteiger partial charge in [-0.2, -0.15) is 0 Å². The number of aliphatic hydroxyl groups is 2. The Labute approximate surface area is 168 Å². The Morgan fingerprint density at radius 2 is 1.73 bits per heavy atom. The number of hydrogen-bond donors (Lipinski definition) is 3. The lowest BCUT2D eigenvalue weighted by Crippen LogP contribution is -2.57. The molecule has 0 bridgehead atoms. The van der Waals surface area contributed by atoms with Crippen molar-refractivity contribution in [1.82, 2.24) is 15.1 Å². The smallest absolute Gasteiger partial charge is 0.223 e. The summed E-state index contributed by atoms with van der Waals surface area (Å²) in [6.45, 7) is 3.85. The number of halogens is 2. The van der Waals surface area contributed by atoms with E-state index in [2.05, 4.69) is 22.2 Å². The molecule has 0 aromatic heterocycles. The molecule has 0 radical (unpaired) electrons. The van der Waals surface area contributed by atoms with Crippen molar-refractivity contribution in [2.75, 3.05) is 46.4 Å². The van der Waals surface area contributed by atoms with Gasteiger partial charge in [0.25, 0.3) is 0 Å². The summed E-state index contributed by atoms with van der Waals surface area (Å²) in [6, 6.07) is -0.167. The minimum atomic E-state index is -0.716. The van der Waals surface area contributed by atoms with Crippen LogP contribution in [0.4, 0.5) is 0 Å². The van der Waals surface area contributed by atoms with Gasteiger partial charge >= 0.3 is 0 Å². The lowest BCUT2D eigenvalue weighted by Gasteiger charge is -2.39. The van der Waals surface area contributed by atoms with E-state index in [1.165, 1.54) is 0 Å². The number of ether oxygens (including phenoxy) is 1. The van der Waals surface area contributed by atoms with E-state index in [9.17, 15) is 15.0 Å². The van der Waals surface area contributed by atoms with E-state index in [4.69, 9.17) is 4.74 Å². The molecule has 9 heteroatoms. The van der Waals surface area contributed by atoms with E-state index in [0.29, 0.717) is 6.54 Å². The highest BCUT2D eigenvalue weighted by atomic mass is 35.5. The van der Waals surface area contributed by atoms with Crippen LogP contribution in [-0.2, 0) is 9.53 Å². The maximum Gasteiger partial charge on any atom is 0.223 e. The molecule has 154 valence electrons. The fourth-order valence-corrected chi connectivity index (χ4v) is 4.25. The molecule has 1 saturated carbocycles. The summed E-state index contributed by atoms with van der Waals surface area (Å²) < 4.78 is 5.86. The van der Waals surface area contributed by atoms with Crippen molar-refractivity contribution in [2.24, 2.45) is 5.92 Å². The minimum Gasteiger partial charge on any atom is -0.394 e. The zero-order valence-electron chi connectivity index (χ0n) is 15.4. The van der Waals surface area contributed by atoms with Crippen LogP contribution in [-0.4, -0.2) is 96.7 Å². The van der Waals surface area contributed by atoms with Crippen molar-refractivity contribution in [3.63, 3.8) is 0 Å². The van der Waals surface area contributed by atoms with Crippen LogP contribution in [0.3, 0.4) is 0 Å². The minimum absolute atomic E-state index is 0. The number of rotatable bonds is 5. The number of likely N-dealkylation sites (N-methyl/N-ethyl adjacent to an activating group) is 1. The summed E-state index contributed by atoms with van der Waals surface area (Å²) in [5.41, 5.74) is 0. The van der Waals surface area contributed by atoms with E-state index >= 15 is 0 Å². The zero-order chi connectivity index (χ0) is 17.1. The molecule has 2 heterocycles. The lowest BCUT2D eigenvalue weighted by atomic mass is 10.0. The standard InChI is InChI=1S/C17H31N3O4.2ClH/c1-19-6-8-20(9-7-19)15-13(24-14(11-21)16(15)22)10-18-17(23)12-4-2-3-5-12;;/h12-16,21-22H,2-11H2,1H3,(H,18,23);2*1H/t13-,14+,15+,16-;;/m1../s1. The summed E-state index contributed by atoms with van der Waals surface area (Å²) >= 11 is 0. The average Bonchev–Trinajstić information content (AvgIpc) is 3.22. The average molecular weight is 414 g/mol. The van der Waals surface area contributed by atoms with Gasteiger partial charge in [-0.3, -0.25) is 9.69 Å². The first-order chi connectivity index (χ1) is 11.6. The van der Waals surface area contributed by atoms with Gasteiger partial charge in [-0.25, -0.2) is 0 Å². The summed E-state index contributed by atoms with van der Waals surface area (Å²) in [5.74, 6) is 0.238. The van der Waals surface area contributed by atoms with E-state index in [1.54, 1.807) is 0 Å². The molecule has 1 aliphatic carbocycles. The molecule has 3 N–H and O–H groups in total. The van der Waals surface area contributed by atoms with Gasteiger partial charge in [0.05, 0.1) is 18.8 Å². The Kier molecular flexibility index (Phi) is 10.1. The highest BCUT2D eigenvalue weighted by Gasteiger charge is 2.46. The predicted molar refractivity (Wildman–Crippen MR) is 104 cm³/mol. The van der Waals surface area contributed by atoms with Crippen LogP contribution in [0.25, 0.3) is 0 Å². The third-order valence-electron chi connectivity index (χ3n) is 5.80. The van der Waals surface area contributed by atoms with Crippen LogP contribution in [0.15, 0.2) is 0 Å². The SMILES string of the molecule is CN1CCN([C@@H]2[C@H](O)[C@H](CO)O[C@@H]2CNC(=O)C2CCCC2)CC1.Cl.Cl. The Bertz CT molecular complexity index is 432. The topological polar surface area (TPSA) is 85.3 Å². The molecule has 0 aromatic rings. The van der Waals surface area contributed by atoms with Gasteiger partial charge in [-0.05, 0) is 19.9 Å². The molecule has 3 fully saturated rings. The van der Waals surface area contributed by atoms with Gasteiger partial charge in [0.1, 0.15) is 12.2 Å². The molecule has 0 aromatic carbocycles. The van der Waals surface area contributed by atoms with Crippen molar-refractivity contribution in [1.29, 1.82) is 0 Å². The maximum atomic E-state index is 12.3. The van der Waals surface area contributed by atoms with Crippen molar-refractivity contribution in [3.8, 4) is 0 Å². The number of carbonyl (C=O) groups is 1. The fourth-order valence-electron chi connectivity index (χ4n) is 4.25. The molecule has 2 saturated heterocycles. The normalized spacial score (nSPS) is 33.5. The number of nitrogens with one attached hydrogen (secondary N) is 1. The molecule has 0 unspecified atom stereocenters. The molecular weight excluding hydrogens is 381 g/mol. The number of piperazine rings is 1. The summed E-state index contributed by atoms with van der Waals surface area (Å²) in [4.78, 5) is 16.8. The molecule has 1 amide bonds. The van der Waals surface area contributed by atoms with Crippen molar-refractivity contribution in [2.45, 2.75) is 50.0 Å². The second-order valence-electron chi connectivity index (χ2n) is 7.44. The highest BCUT2D eigenvalue weighted by Crippen LogP contribution is 2.27. The Morgan fingerprint density at radius 3 is 2.31 bits per heavy atom. The highest BCUT2D eigenvalue weighted by molar-refractivity contribution is 5.85. The number of nitrogens with zero attached hydrogens (tertiary/aromatic N) is 2. The van der Waals surface area contributed by atoms with E-state index in [0.717, 1.165) is 51.9 Å². The number of amides is 1. The molecule has 0 spiro atoms. The summed E-state index contributed by atoms with van der Waals surface area (Å²) in [7, 11) is 2.09. The van der Waals surface area contributed by atoms with Gasteiger partial charge in [-0.1, -0.05) is 12.8 Å². The first-order valence-corrected chi connectivity index (χ1v) is 9.25. The third-order valence-corrected chi connectivity index (χ3v) is 5.80. The number of aliphatic hydroxyl groups excluding tert-OH is 2. The quantitative estimate of drug-likeness (QED) is 0.582. The molecule has 3 aliphatic rings. The fraction of sp³-hybridized carbons (Fsp3) is 0.941. The van der Waals surface area contributed by atoms with Crippen LogP contribution in [0.5, 0.6) is 0 Å². The Hall–Kier alpha value is -0.150. The van der Waals surface area contributed by atoms with Gasteiger partial charge in [0.2, 0.25) is 5.91 Å². The van der Waals surface area contributed by atoms with Crippen molar-refractivity contribution < 1.29 is 19.7 Å². The van der Waals surface area contributed by atoms with Crippen molar-refractivity contribution >= 4 is 30.7 Å². The van der Waals surface area contributed by atoms with Crippen LogP contribution in [0.2, 0.25) is 0 Å². The van der Waals surface area contributed by atoms with Gasteiger partial charge in [-0.15, -0.1) is 24.8 Å². The predicted octanol–water partition coefficient (Wildman–Crippen LogP) is -0.127. The van der Waals surface area contributed by atoms with E-state index in [1.807, 2.05) is 0 Å². The summed E-state index contributed by atoms with van der Waals surface area (Å²) in [6.07, 6.45) is 2.66. The first-order valence-electron chi connectivity index (χ1n) is 9.25. The molecule has 2 aliphatic heterocycles. The first kappa shape index (κ1) is 23.9. The summed E-state index contributed by atoms with van der Waals surface area (Å²) in [5, 5.41) is 23.0. The monoisotopic (exact) mass is 413 g/mol. The van der Waals surface area contributed by atoms with Crippen LogP contribution in [0, 0.1) is 5.92 Å². The van der Waals surface area contributed by atoms with Crippen molar-refractivity contribution in [3.05, 3.63) is 0 Å². The third kappa shape index (κ3) is 5.44.